The van der Waals surface area contributed by atoms with Gasteiger partial charge in [0, 0.05) is 7.05 Å². The van der Waals surface area contributed by atoms with Crippen LogP contribution in [0.4, 0.5) is 4.39 Å². The van der Waals surface area contributed by atoms with Gasteiger partial charge in [0.15, 0.2) is 11.7 Å². The monoisotopic (exact) mass is 348 g/mol. The zero-order valence-electron chi connectivity index (χ0n) is 14.1. The molecule has 0 aliphatic carbocycles. The average Bonchev–Trinajstić information content (AvgIpc) is 3.06. The Morgan fingerprint density at radius 3 is 2.60 bits per heavy atom. The Morgan fingerprint density at radius 1 is 1.28 bits per heavy atom. The standard InChI is InChI=1S/C17H21FN4O3/c1-11(24-13-5-3-12(18)4-6-13)9-21-17(20-2)22-10-14-7-8-15(25-14)16(19)23/h3-8,11H,9-10H2,1-2H3,(H2,19,23)(H2,20,21,22). The van der Waals surface area contributed by atoms with E-state index in [0.717, 1.165) is 0 Å². The van der Waals surface area contributed by atoms with Gasteiger partial charge in [0.2, 0.25) is 0 Å². The first-order valence-corrected chi connectivity index (χ1v) is 7.73. The van der Waals surface area contributed by atoms with Crippen LogP contribution in [0.2, 0.25) is 0 Å². The van der Waals surface area contributed by atoms with Crippen molar-refractivity contribution in [1.29, 1.82) is 0 Å². The Kier molecular flexibility index (Phi) is 6.39. The molecule has 0 aliphatic heterocycles. The second kappa shape index (κ2) is 8.72. The van der Waals surface area contributed by atoms with Gasteiger partial charge < -0.3 is 25.5 Å². The third-order valence-corrected chi connectivity index (χ3v) is 3.27. The topological polar surface area (TPSA) is 102 Å². The third-order valence-electron chi connectivity index (χ3n) is 3.27. The van der Waals surface area contributed by atoms with Gasteiger partial charge in [0.1, 0.15) is 23.4 Å². The van der Waals surface area contributed by atoms with Gasteiger partial charge in [-0.05, 0) is 43.3 Å². The number of benzene rings is 1. The highest BCUT2D eigenvalue weighted by Gasteiger charge is 2.09. The number of carbonyl (C=O) groups excluding carboxylic acids is 1. The van der Waals surface area contributed by atoms with Crippen LogP contribution in [0.1, 0.15) is 23.2 Å². The summed E-state index contributed by atoms with van der Waals surface area (Å²) >= 11 is 0. The number of guanidine groups is 1. The SMILES string of the molecule is CN=C(NCc1ccc(C(N)=O)o1)NCC(C)Oc1ccc(F)cc1. The molecular weight excluding hydrogens is 327 g/mol. The van der Waals surface area contributed by atoms with Gasteiger partial charge in [0.25, 0.3) is 5.91 Å². The van der Waals surface area contributed by atoms with Crippen molar-refractivity contribution in [2.75, 3.05) is 13.6 Å². The molecule has 1 aromatic carbocycles. The number of nitrogens with zero attached hydrogens (tertiary/aromatic N) is 1. The predicted molar refractivity (Wildman–Crippen MR) is 91.9 cm³/mol. The molecule has 1 amide bonds. The lowest BCUT2D eigenvalue weighted by Gasteiger charge is -2.17. The number of nitrogens with two attached hydrogens (primary N) is 1. The van der Waals surface area contributed by atoms with Crippen molar-refractivity contribution in [3.8, 4) is 5.75 Å². The molecule has 134 valence electrons. The predicted octanol–water partition coefficient (Wildman–Crippen LogP) is 1.65. The molecule has 0 radical (unpaired) electrons. The number of aliphatic imine (C=N–C) groups is 1. The molecule has 0 fully saturated rings. The summed E-state index contributed by atoms with van der Waals surface area (Å²) in [6, 6.07) is 9.03. The number of nitrogens with one attached hydrogen (secondary N) is 2. The zero-order chi connectivity index (χ0) is 18.2. The quantitative estimate of drug-likeness (QED) is 0.522. The van der Waals surface area contributed by atoms with E-state index < -0.39 is 5.91 Å². The van der Waals surface area contributed by atoms with Crippen LogP contribution >= 0.6 is 0 Å². The normalized spacial score (nSPS) is 12.5. The van der Waals surface area contributed by atoms with Gasteiger partial charge in [-0.1, -0.05) is 0 Å². The molecule has 1 heterocycles. The summed E-state index contributed by atoms with van der Waals surface area (Å²) in [5.41, 5.74) is 5.14. The number of primary amides is 1. The fraction of sp³-hybridized carbons (Fsp3) is 0.294. The number of amides is 1. The molecule has 25 heavy (non-hydrogen) atoms. The molecule has 2 aromatic rings. The van der Waals surface area contributed by atoms with Gasteiger partial charge in [0.05, 0.1) is 13.1 Å². The lowest BCUT2D eigenvalue weighted by molar-refractivity contribution is 0.0972. The average molecular weight is 348 g/mol. The lowest BCUT2D eigenvalue weighted by atomic mass is 10.3. The van der Waals surface area contributed by atoms with Crippen molar-refractivity contribution in [3.05, 3.63) is 53.7 Å². The summed E-state index contributed by atoms with van der Waals surface area (Å²) in [7, 11) is 1.64. The summed E-state index contributed by atoms with van der Waals surface area (Å²) < 4.78 is 23.8. The minimum absolute atomic E-state index is 0.112. The largest absolute Gasteiger partial charge is 0.489 e. The summed E-state index contributed by atoms with van der Waals surface area (Å²) in [5, 5.41) is 6.16. The Balaban J connectivity index is 1.77. The van der Waals surface area contributed by atoms with Crippen LogP contribution in [-0.4, -0.2) is 31.6 Å². The van der Waals surface area contributed by atoms with Gasteiger partial charge in [-0.2, -0.15) is 0 Å². The molecule has 0 aliphatic rings. The number of hydrogen-bond acceptors (Lipinski definition) is 4. The first-order valence-electron chi connectivity index (χ1n) is 7.73. The molecule has 0 spiro atoms. The van der Waals surface area contributed by atoms with Crippen LogP contribution in [0.25, 0.3) is 0 Å². The Labute approximate surface area is 145 Å². The second-order valence-electron chi connectivity index (χ2n) is 5.32. The van der Waals surface area contributed by atoms with E-state index in [2.05, 4.69) is 15.6 Å². The van der Waals surface area contributed by atoms with Crippen LogP contribution in [0, 0.1) is 5.82 Å². The maximum atomic E-state index is 12.9. The van der Waals surface area contributed by atoms with Crippen molar-refractivity contribution in [1.82, 2.24) is 10.6 Å². The molecular formula is C17H21FN4O3. The van der Waals surface area contributed by atoms with E-state index in [-0.39, 0.29) is 17.7 Å². The third kappa shape index (κ3) is 5.83. The molecule has 0 saturated carbocycles. The number of rotatable bonds is 7. The Hall–Kier alpha value is -3.03. The first-order chi connectivity index (χ1) is 12.0. The van der Waals surface area contributed by atoms with E-state index in [1.165, 1.54) is 18.2 Å². The van der Waals surface area contributed by atoms with Crippen LogP contribution in [0.3, 0.4) is 0 Å². The Morgan fingerprint density at radius 2 is 2.00 bits per heavy atom. The van der Waals surface area contributed by atoms with Crippen LogP contribution in [0.5, 0.6) is 5.75 Å². The van der Waals surface area contributed by atoms with E-state index >= 15 is 0 Å². The van der Waals surface area contributed by atoms with Gasteiger partial charge >= 0.3 is 0 Å². The van der Waals surface area contributed by atoms with Gasteiger partial charge in [-0.3, -0.25) is 9.79 Å². The molecule has 1 unspecified atom stereocenters. The van der Waals surface area contributed by atoms with Gasteiger partial charge in [-0.25, -0.2) is 4.39 Å². The van der Waals surface area contributed by atoms with E-state index in [1.54, 1.807) is 25.2 Å². The second-order valence-corrected chi connectivity index (χ2v) is 5.32. The first kappa shape index (κ1) is 18.3. The molecule has 7 nitrogen and oxygen atoms in total. The van der Waals surface area contributed by atoms with E-state index in [4.69, 9.17) is 14.9 Å². The summed E-state index contributed by atoms with van der Waals surface area (Å²) in [5.74, 6) is 0.897. The maximum Gasteiger partial charge on any atom is 0.284 e. The van der Waals surface area contributed by atoms with Crippen molar-refractivity contribution >= 4 is 11.9 Å². The van der Waals surface area contributed by atoms with Crippen molar-refractivity contribution < 1.29 is 18.3 Å². The number of furan rings is 1. The number of hydrogen-bond donors (Lipinski definition) is 3. The highest BCUT2D eigenvalue weighted by Crippen LogP contribution is 2.12. The van der Waals surface area contributed by atoms with Gasteiger partial charge in [-0.15, -0.1) is 0 Å². The smallest absolute Gasteiger partial charge is 0.284 e. The zero-order valence-corrected chi connectivity index (χ0v) is 14.1. The number of carbonyl (C=O) groups is 1. The fourth-order valence-corrected chi connectivity index (χ4v) is 2.02. The Bertz CT molecular complexity index is 728. The lowest BCUT2D eigenvalue weighted by Crippen LogP contribution is -2.41. The molecule has 0 saturated heterocycles. The molecule has 2 rings (SSSR count). The molecule has 1 aromatic heterocycles. The highest BCUT2D eigenvalue weighted by molar-refractivity contribution is 5.89. The molecule has 4 N–H and O–H groups in total. The van der Waals surface area contributed by atoms with E-state index in [0.29, 0.717) is 30.6 Å². The minimum atomic E-state index is -0.611. The number of halogens is 1. The van der Waals surface area contributed by atoms with Crippen molar-refractivity contribution in [3.63, 3.8) is 0 Å². The highest BCUT2D eigenvalue weighted by atomic mass is 19.1. The van der Waals surface area contributed by atoms with E-state index in [1.807, 2.05) is 6.92 Å². The summed E-state index contributed by atoms with van der Waals surface area (Å²) in [6.45, 7) is 2.72. The van der Waals surface area contributed by atoms with Crippen molar-refractivity contribution in [2.24, 2.45) is 10.7 Å². The molecule has 8 heteroatoms. The maximum absolute atomic E-state index is 12.9. The van der Waals surface area contributed by atoms with Crippen LogP contribution < -0.4 is 21.1 Å². The number of ether oxygens (including phenoxy) is 1. The van der Waals surface area contributed by atoms with E-state index in [9.17, 15) is 9.18 Å². The summed E-state index contributed by atoms with van der Waals surface area (Å²) in [4.78, 5) is 15.1. The fourth-order valence-electron chi connectivity index (χ4n) is 2.02. The van der Waals surface area contributed by atoms with Crippen LogP contribution in [-0.2, 0) is 6.54 Å². The molecule has 0 bridgehead atoms. The summed E-state index contributed by atoms with van der Waals surface area (Å²) in [6.07, 6.45) is -0.158. The molecule has 1 atom stereocenters. The van der Waals surface area contributed by atoms with Crippen molar-refractivity contribution in [2.45, 2.75) is 19.6 Å². The minimum Gasteiger partial charge on any atom is -0.489 e. The van der Waals surface area contributed by atoms with Crippen LogP contribution in [0.15, 0.2) is 45.8 Å².